The zero-order valence-electron chi connectivity index (χ0n) is 18.8. The standard InChI is InChI=1S/C25H23FN4O4/c1-12-8-21(19(9-17(12)24(27)32)23-13(2)14(3)28-29-23)30-11-20(25(33)34)18(10-22(30)31)15-4-6-16(26)7-5-15/h4-9,11,18H,10H2,1-3H3,(H2,27,32)(H,28,29)(H,33,34)/t18-/m0/s1. The number of aliphatic carboxylic acids is 1. The molecule has 4 rings (SSSR count). The minimum atomic E-state index is -1.19. The predicted octanol–water partition coefficient (Wildman–Crippen LogP) is 3.73. The van der Waals surface area contributed by atoms with Crippen molar-refractivity contribution in [2.45, 2.75) is 33.1 Å². The van der Waals surface area contributed by atoms with Gasteiger partial charge in [-0.25, -0.2) is 9.18 Å². The molecule has 1 aliphatic heterocycles. The van der Waals surface area contributed by atoms with Crippen LogP contribution in [0, 0.1) is 26.6 Å². The van der Waals surface area contributed by atoms with Crippen molar-refractivity contribution in [3.05, 3.63) is 81.9 Å². The molecule has 0 aliphatic carbocycles. The maximum atomic E-state index is 13.4. The first kappa shape index (κ1) is 22.9. The largest absolute Gasteiger partial charge is 0.478 e. The molecule has 2 aromatic carbocycles. The van der Waals surface area contributed by atoms with E-state index in [-0.39, 0.29) is 23.5 Å². The molecule has 8 nitrogen and oxygen atoms in total. The molecule has 0 fully saturated rings. The van der Waals surface area contributed by atoms with Gasteiger partial charge in [0.1, 0.15) is 5.82 Å². The number of primary amides is 1. The molecule has 9 heteroatoms. The highest BCUT2D eigenvalue weighted by atomic mass is 19.1. The van der Waals surface area contributed by atoms with E-state index in [1.54, 1.807) is 19.1 Å². The smallest absolute Gasteiger partial charge is 0.333 e. The second-order valence-corrected chi connectivity index (χ2v) is 8.32. The summed E-state index contributed by atoms with van der Waals surface area (Å²) in [5.41, 5.74) is 9.94. The van der Waals surface area contributed by atoms with Crippen LogP contribution >= 0.6 is 0 Å². The number of anilines is 1. The SMILES string of the molecule is Cc1cc(N2C=C(C(=O)O)[C@H](c3ccc(F)cc3)CC2=O)c(-c2[nH]nc(C)c2C)cc1C(N)=O. The number of nitrogens with one attached hydrogen (secondary N) is 1. The van der Waals surface area contributed by atoms with Gasteiger partial charge in [0.25, 0.3) is 0 Å². The lowest BCUT2D eigenvalue weighted by Crippen LogP contribution is -2.35. The number of H-pyrrole nitrogens is 1. The molecule has 1 atom stereocenters. The molecular weight excluding hydrogens is 439 g/mol. The quantitative estimate of drug-likeness (QED) is 0.532. The maximum absolute atomic E-state index is 13.4. The minimum absolute atomic E-state index is 0.00805. The fraction of sp³-hybridized carbons (Fsp3) is 0.200. The Balaban J connectivity index is 1.91. The zero-order valence-corrected chi connectivity index (χ0v) is 18.8. The second-order valence-electron chi connectivity index (χ2n) is 8.32. The molecule has 1 aliphatic rings. The number of aryl methyl sites for hydroxylation is 2. The lowest BCUT2D eigenvalue weighted by Gasteiger charge is -2.31. The summed E-state index contributed by atoms with van der Waals surface area (Å²) in [5, 5.41) is 17.1. The Hall–Kier alpha value is -4.27. The van der Waals surface area contributed by atoms with E-state index in [1.165, 1.54) is 35.4 Å². The van der Waals surface area contributed by atoms with Gasteiger partial charge in [-0.2, -0.15) is 5.10 Å². The monoisotopic (exact) mass is 462 g/mol. The highest BCUT2D eigenvalue weighted by Crippen LogP contribution is 2.40. The van der Waals surface area contributed by atoms with E-state index < -0.39 is 23.6 Å². The number of carboxylic acid groups (broad SMARTS) is 1. The van der Waals surface area contributed by atoms with E-state index >= 15 is 0 Å². The third kappa shape index (κ3) is 3.96. The van der Waals surface area contributed by atoms with Crippen LogP contribution in [0.3, 0.4) is 0 Å². The number of benzene rings is 2. The van der Waals surface area contributed by atoms with E-state index in [0.717, 1.165) is 11.3 Å². The molecule has 2 amide bonds. The molecule has 34 heavy (non-hydrogen) atoms. The summed E-state index contributed by atoms with van der Waals surface area (Å²) in [5.74, 6) is -3.34. The third-order valence-corrected chi connectivity index (χ3v) is 6.20. The Kier molecular flexibility index (Phi) is 5.78. The van der Waals surface area contributed by atoms with Crippen LogP contribution in [0.25, 0.3) is 11.3 Å². The summed E-state index contributed by atoms with van der Waals surface area (Å²) in [4.78, 5) is 38.8. The number of carbonyl (C=O) groups is 3. The third-order valence-electron chi connectivity index (χ3n) is 6.20. The molecule has 3 aromatic rings. The number of carbonyl (C=O) groups excluding carboxylic acids is 2. The molecule has 0 bridgehead atoms. The number of nitrogens with two attached hydrogens (primary N) is 1. The normalized spacial score (nSPS) is 15.9. The lowest BCUT2D eigenvalue weighted by atomic mass is 9.85. The molecule has 0 saturated carbocycles. The number of amides is 2. The molecule has 0 spiro atoms. The van der Waals surface area contributed by atoms with Crippen LogP contribution in [0.15, 0.2) is 48.2 Å². The fourth-order valence-electron chi connectivity index (χ4n) is 4.19. The Morgan fingerprint density at radius 1 is 1.18 bits per heavy atom. The number of carboxylic acids is 1. The Labute approximate surface area is 194 Å². The summed E-state index contributed by atoms with van der Waals surface area (Å²) < 4.78 is 13.4. The van der Waals surface area contributed by atoms with Crippen molar-refractivity contribution >= 4 is 23.5 Å². The number of nitrogens with zero attached hydrogens (tertiary/aromatic N) is 2. The number of aromatic amines is 1. The zero-order chi connectivity index (χ0) is 24.7. The average molecular weight is 462 g/mol. The summed E-state index contributed by atoms with van der Waals surface area (Å²) >= 11 is 0. The van der Waals surface area contributed by atoms with Crippen molar-refractivity contribution in [3.63, 3.8) is 0 Å². The molecule has 174 valence electrons. The summed E-state index contributed by atoms with van der Waals surface area (Å²) in [6, 6.07) is 8.65. The van der Waals surface area contributed by atoms with Crippen molar-refractivity contribution < 1.29 is 23.9 Å². The van der Waals surface area contributed by atoms with E-state index in [9.17, 15) is 23.9 Å². The topological polar surface area (TPSA) is 129 Å². The van der Waals surface area contributed by atoms with Crippen LogP contribution in [-0.4, -0.2) is 33.1 Å². The molecule has 0 unspecified atom stereocenters. The van der Waals surface area contributed by atoms with Crippen molar-refractivity contribution in [1.29, 1.82) is 0 Å². The number of hydrogen-bond donors (Lipinski definition) is 3. The van der Waals surface area contributed by atoms with Gasteiger partial charge in [0.05, 0.1) is 22.6 Å². The van der Waals surface area contributed by atoms with Gasteiger partial charge in [-0.1, -0.05) is 12.1 Å². The van der Waals surface area contributed by atoms with E-state index in [2.05, 4.69) is 10.2 Å². The first-order valence-electron chi connectivity index (χ1n) is 10.6. The Bertz CT molecular complexity index is 1360. The van der Waals surface area contributed by atoms with Crippen LogP contribution in [0.4, 0.5) is 10.1 Å². The Morgan fingerprint density at radius 2 is 1.85 bits per heavy atom. The average Bonchev–Trinajstić information content (AvgIpc) is 3.11. The van der Waals surface area contributed by atoms with Crippen molar-refractivity contribution in [1.82, 2.24) is 10.2 Å². The molecule has 4 N–H and O–H groups in total. The van der Waals surface area contributed by atoms with Crippen LogP contribution in [-0.2, 0) is 9.59 Å². The predicted molar refractivity (Wildman–Crippen MR) is 124 cm³/mol. The van der Waals surface area contributed by atoms with Gasteiger partial charge in [-0.3, -0.25) is 19.6 Å². The molecular formula is C25H23FN4O4. The van der Waals surface area contributed by atoms with E-state index in [0.29, 0.717) is 28.1 Å². The minimum Gasteiger partial charge on any atom is -0.478 e. The molecule has 1 aromatic heterocycles. The van der Waals surface area contributed by atoms with Crippen LogP contribution in [0.2, 0.25) is 0 Å². The summed E-state index contributed by atoms with van der Waals surface area (Å²) in [6.45, 7) is 5.36. The van der Waals surface area contributed by atoms with Crippen LogP contribution in [0.1, 0.15) is 45.1 Å². The fourth-order valence-corrected chi connectivity index (χ4v) is 4.19. The van der Waals surface area contributed by atoms with Gasteiger partial charge in [-0.15, -0.1) is 0 Å². The van der Waals surface area contributed by atoms with Crippen molar-refractivity contribution in [2.75, 3.05) is 4.90 Å². The van der Waals surface area contributed by atoms with E-state index in [4.69, 9.17) is 5.73 Å². The van der Waals surface area contributed by atoms with Gasteiger partial charge < -0.3 is 10.8 Å². The van der Waals surface area contributed by atoms with Gasteiger partial charge in [-0.05, 0) is 61.7 Å². The van der Waals surface area contributed by atoms with Gasteiger partial charge in [0.15, 0.2) is 0 Å². The van der Waals surface area contributed by atoms with Gasteiger partial charge in [0.2, 0.25) is 11.8 Å². The van der Waals surface area contributed by atoms with Crippen LogP contribution in [0.5, 0.6) is 0 Å². The molecule has 2 heterocycles. The van der Waals surface area contributed by atoms with Gasteiger partial charge >= 0.3 is 5.97 Å². The maximum Gasteiger partial charge on any atom is 0.333 e. The highest BCUT2D eigenvalue weighted by Gasteiger charge is 2.34. The highest BCUT2D eigenvalue weighted by molar-refractivity contribution is 6.06. The lowest BCUT2D eigenvalue weighted by molar-refractivity contribution is -0.133. The van der Waals surface area contributed by atoms with E-state index in [1.807, 2.05) is 13.8 Å². The first-order chi connectivity index (χ1) is 16.1. The van der Waals surface area contributed by atoms with Gasteiger partial charge in [0, 0.05) is 29.7 Å². The number of halogens is 1. The van der Waals surface area contributed by atoms with Crippen molar-refractivity contribution in [2.24, 2.45) is 5.73 Å². The first-order valence-corrected chi connectivity index (χ1v) is 10.6. The molecule has 0 radical (unpaired) electrons. The number of hydrogen-bond acceptors (Lipinski definition) is 4. The number of rotatable bonds is 5. The Morgan fingerprint density at radius 3 is 2.41 bits per heavy atom. The summed E-state index contributed by atoms with van der Waals surface area (Å²) in [7, 11) is 0. The summed E-state index contributed by atoms with van der Waals surface area (Å²) in [6.07, 6.45) is 1.17. The molecule has 0 saturated heterocycles. The number of aromatic nitrogens is 2. The van der Waals surface area contributed by atoms with Crippen LogP contribution < -0.4 is 10.6 Å². The second kappa shape index (κ2) is 8.58. The van der Waals surface area contributed by atoms with Crippen molar-refractivity contribution in [3.8, 4) is 11.3 Å².